The largest absolute Gasteiger partial charge is 0.504 e. The summed E-state index contributed by atoms with van der Waals surface area (Å²) in [5.41, 5.74) is 3.09. The summed E-state index contributed by atoms with van der Waals surface area (Å²) in [4.78, 5) is 12.7. The number of hydrogen-bond acceptors (Lipinski definition) is 4. The first-order chi connectivity index (χ1) is 20.5. The molecule has 4 heteroatoms. The maximum Gasteiger partial charge on any atom is 0.331 e. The fourth-order valence-corrected chi connectivity index (χ4v) is 10.6. The van der Waals surface area contributed by atoms with E-state index in [1.165, 1.54) is 64.6 Å². The summed E-state index contributed by atoms with van der Waals surface area (Å²) in [6.45, 7) is 15.0. The molecule has 0 bridgehead atoms. The summed E-state index contributed by atoms with van der Waals surface area (Å²) in [6, 6.07) is 5.05. The van der Waals surface area contributed by atoms with Gasteiger partial charge in [-0.25, -0.2) is 4.79 Å². The van der Waals surface area contributed by atoms with Gasteiger partial charge in [-0.15, -0.1) is 0 Å². The van der Waals surface area contributed by atoms with Crippen LogP contribution in [0.15, 0.2) is 35.9 Å². The third-order valence-electron chi connectivity index (χ3n) is 13.2. The molecule has 0 unspecified atom stereocenters. The van der Waals surface area contributed by atoms with Crippen molar-refractivity contribution in [2.45, 2.75) is 118 Å². The lowest BCUT2D eigenvalue weighted by Crippen LogP contribution is -2.51. The maximum absolute atomic E-state index is 12.7. The van der Waals surface area contributed by atoms with Crippen molar-refractivity contribution in [2.75, 3.05) is 7.11 Å². The quantitative estimate of drug-likeness (QED) is 0.167. The average molecular weight is 591 g/mol. The number of rotatable bonds is 10. The Bertz CT molecular complexity index is 1200. The van der Waals surface area contributed by atoms with Crippen molar-refractivity contribution in [3.05, 3.63) is 41.5 Å². The van der Waals surface area contributed by atoms with Crippen LogP contribution in [-0.2, 0) is 9.53 Å². The Morgan fingerprint density at radius 1 is 1.07 bits per heavy atom. The molecule has 3 fully saturated rings. The molecular formula is C39H58O4. The molecule has 0 aromatic heterocycles. The highest BCUT2D eigenvalue weighted by Crippen LogP contribution is 2.67. The van der Waals surface area contributed by atoms with E-state index in [9.17, 15) is 9.90 Å². The van der Waals surface area contributed by atoms with E-state index in [0.29, 0.717) is 11.2 Å². The van der Waals surface area contributed by atoms with Crippen LogP contribution < -0.4 is 4.74 Å². The SMILES string of the molecule is CC[C@H](CC[C@@H](C)[C@H]1CC[C@H]2[C@@H]3CC=C4C[C@@H](OC(=O)C=Cc5ccc(O)c(OC)c5)CC[C@]4(C)[C@H]3CC[C@]12C)C(C)C. The Morgan fingerprint density at radius 2 is 1.86 bits per heavy atom. The van der Waals surface area contributed by atoms with Crippen LogP contribution in [0, 0.1) is 52.3 Å². The van der Waals surface area contributed by atoms with Crippen LogP contribution in [0.4, 0.5) is 0 Å². The van der Waals surface area contributed by atoms with E-state index in [0.717, 1.165) is 66.3 Å². The van der Waals surface area contributed by atoms with E-state index in [1.807, 2.05) is 0 Å². The number of methoxy groups -OCH3 is 1. The van der Waals surface area contributed by atoms with Crippen LogP contribution in [0.5, 0.6) is 11.5 Å². The van der Waals surface area contributed by atoms with Crippen molar-refractivity contribution in [3.8, 4) is 11.5 Å². The fraction of sp³-hybridized carbons (Fsp3) is 0.718. The standard InChI is InChI=1S/C39H58O4/c1-8-28(25(2)3)12-9-26(4)32-15-16-33-31-14-13-29-24-30(19-21-38(29,5)34(31)20-22-39(32,33)6)43-37(41)18-11-27-10-17-35(40)36(23-27)42-7/h10-11,13,17-18,23,25-26,28,30-34,40H,8-9,12,14-16,19-22,24H2,1-7H3/t26-,28-,30+,31+,32-,33+,34+,38+,39-/m1/s1. The highest BCUT2D eigenvalue weighted by Gasteiger charge is 2.59. The van der Waals surface area contributed by atoms with Gasteiger partial charge >= 0.3 is 5.97 Å². The Kier molecular flexibility index (Phi) is 9.74. The first-order valence-corrected chi connectivity index (χ1v) is 17.4. The molecule has 4 aliphatic carbocycles. The number of esters is 1. The molecule has 0 spiro atoms. The molecule has 238 valence electrons. The molecule has 4 nitrogen and oxygen atoms in total. The van der Waals surface area contributed by atoms with Crippen molar-refractivity contribution in [3.63, 3.8) is 0 Å². The van der Waals surface area contributed by atoms with E-state index in [4.69, 9.17) is 9.47 Å². The van der Waals surface area contributed by atoms with E-state index < -0.39 is 0 Å². The van der Waals surface area contributed by atoms with Gasteiger partial charge in [0.25, 0.3) is 0 Å². The molecule has 0 aliphatic heterocycles. The number of phenolic OH excluding ortho intramolecular Hbond substituents is 1. The van der Waals surface area contributed by atoms with E-state index >= 15 is 0 Å². The normalized spacial score (nSPS) is 35.1. The first kappa shape index (κ1) is 32.2. The lowest BCUT2D eigenvalue weighted by Gasteiger charge is -2.58. The average Bonchev–Trinajstić information content (AvgIpc) is 3.34. The summed E-state index contributed by atoms with van der Waals surface area (Å²) in [5.74, 6) is 6.01. The second-order valence-corrected chi connectivity index (χ2v) is 15.5. The predicted octanol–water partition coefficient (Wildman–Crippen LogP) is 10.0. The molecule has 1 aromatic rings. The van der Waals surface area contributed by atoms with Crippen LogP contribution >= 0.6 is 0 Å². The van der Waals surface area contributed by atoms with Crippen LogP contribution in [0.3, 0.4) is 0 Å². The zero-order chi connectivity index (χ0) is 30.9. The highest BCUT2D eigenvalue weighted by atomic mass is 16.5. The van der Waals surface area contributed by atoms with Crippen molar-refractivity contribution in [1.82, 2.24) is 0 Å². The minimum atomic E-state index is -0.298. The number of carbonyl (C=O) groups is 1. The number of fused-ring (bicyclic) bond motifs is 5. The van der Waals surface area contributed by atoms with Crippen molar-refractivity contribution < 1.29 is 19.4 Å². The van der Waals surface area contributed by atoms with Crippen LogP contribution in [0.2, 0.25) is 0 Å². The minimum Gasteiger partial charge on any atom is -0.504 e. The smallest absolute Gasteiger partial charge is 0.331 e. The van der Waals surface area contributed by atoms with Crippen molar-refractivity contribution >= 4 is 12.0 Å². The second-order valence-electron chi connectivity index (χ2n) is 15.5. The number of allylic oxidation sites excluding steroid dienone is 1. The van der Waals surface area contributed by atoms with Crippen LogP contribution in [0.25, 0.3) is 6.08 Å². The molecule has 43 heavy (non-hydrogen) atoms. The Morgan fingerprint density at radius 3 is 2.58 bits per heavy atom. The summed E-state index contributed by atoms with van der Waals surface area (Å²) < 4.78 is 11.1. The van der Waals surface area contributed by atoms with Gasteiger partial charge in [0.1, 0.15) is 6.10 Å². The van der Waals surface area contributed by atoms with Gasteiger partial charge < -0.3 is 14.6 Å². The first-order valence-electron chi connectivity index (χ1n) is 17.4. The number of aromatic hydroxyl groups is 1. The van der Waals surface area contributed by atoms with Gasteiger partial charge in [0.05, 0.1) is 7.11 Å². The molecule has 4 aliphatic rings. The Balaban J connectivity index is 1.20. The van der Waals surface area contributed by atoms with E-state index in [1.54, 1.807) is 29.8 Å². The van der Waals surface area contributed by atoms with Crippen molar-refractivity contribution in [2.24, 2.45) is 52.3 Å². The second kappa shape index (κ2) is 13.0. The fourth-order valence-electron chi connectivity index (χ4n) is 10.6. The van der Waals surface area contributed by atoms with Gasteiger partial charge in [-0.2, -0.15) is 0 Å². The maximum atomic E-state index is 12.7. The molecule has 0 saturated heterocycles. The van der Waals surface area contributed by atoms with Gasteiger partial charge in [0.2, 0.25) is 0 Å². The molecule has 1 aromatic carbocycles. The topological polar surface area (TPSA) is 55.8 Å². The summed E-state index contributed by atoms with van der Waals surface area (Å²) >= 11 is 0. The third-order valence-corrected chi connectivity index (χ3v) is 13.2. The van der Waals surface area contributed by atoms with Crippen LogP contribution in [-0.4, -0.2) is 24.3 Å². The number of carbonyl (C=O) groups excluding carboxylic acids is 1. The Hall–Kier alpha value is -2.23. The van der Waals surface area contributed by atoms with Gasteiger partial charge in [0, 0.05) is 12.5 Å². The molecule has 0 heterocycles. The number of phenols is 1. The molecule has 0 amide bonds. The molecule has 1 N–H and O–H groups in total. The summed E-state index contributed by atoms with van der Waals surface area (Å²) in [6.07, 6.45) is 19.6. The zero-order valence-electron chi connectivity index (χ0n) is 28.0. The lowest BCUT2D eigenvalue weighted by atomic mass is 9.47. The number of hydrogen-bond donors (Lipinski definition) is 1. The van der Waals surface area contributed by atoms with Gasteiger partial charge in [0.15, 0.2) is 11.5 Å². The van der Waals surface area contributed by atoms with Crippen LogP contribution in [0.1, 0.15) is 118 Å². The molecular weight excluding hydrogens is 532 g/mol. The zero-order valence-corrected chi connectivity index (χ0v) is 28.0. The highest BCUT2D eigenvalue weighted by molar-refractivity contribution is 5.87. The predicted molar refractivity (Wildman–Crippen MR) is 176 cm³/mol. The minimum absolute atomic E-state index is 0.0502. The lowest BCUT2D eigenvalue weighted by molar-refractivity contribution is -0.145. The molecule has 5 rings (SSSR count). The third kappa shape index (κ3) is 6.32. The number of benzene rings is 1. The number of ether oxygens (including phenoxy) is 2. The van der Waals surface area contributed by atoms with E-state index in [-0.39, 0.29) is 23.2 Å². The summed E-state index contributed by atoms with van der Waals surface area (Å²) in [7, 11) is 1.52. The van der Waals surface area contributed by atoms with Gasteiger partial charge in [-0.1, -0.05) is 72.1 Å². The van der Waals surface area contributed by atoms with E-state index in [2.05, 4.69) is 47.6 Å². The van der Waals surface area contributed by atoms with Gasteiger partial charge in [-0.3, -0.25) is 0 Å². The molecule has 0 radical (unpaired) electrons. The van der Waals surface area contributed by atoms with Crippen molar-refractivity contribution in [1.29, 1.82) is 0 Å². The molecule has 3 saturated carbocycles. The van der Waals surface area contributed by atoms with Gasteiger partial charge in [-0.05, 0) is 127 Å². The molecule has 9 atom stereocenters. The Labute approximate surface area is 261 Å². The summed E-state index contributed by atoms with van der Waals surface area (Å²) in [5, 5.41) is 9.82. The monoisotopic (exact) mass is 590 g/mol.